The molecule has 0 atom stereocenters. The number of anilines is 1. The van der Waals surface area contributed by atoms with E-state index in [-0.39, 0.29) is 11.9 Å². The molecule has 0 bridgehead atoms. The van der Waals surface area contributed by atoms with Gasteiger partial charge in [-0.2, -0.15) is 0 Å². The van der Waals surface area contributed by atoms with Gasteiger partial charge in [-0.1, -0.05) is 28.9 Å². The monoisotopic (exact) mass is 285 g/mol. The Labute approximate surface area is 119 Å². The predicted molar refractivity (Wildman–Crippen MR) is 76.7 cm³/mol. The number of amides is 1. The van der Waals surface area contributed by atoms with Crippen LogP contribution in [0.2, 0.25) is 0 Å². The van der Waals surface area contributed by atoms with Crippen molar-refractivity contribution < 1.29 is 9.21 Å². The van der Waals surface area contributed by atoms with Crippen molar-refractivity contribution in [2.75, 3.05) is 5.32 Å². The SMILES string of the molecule is Cc1cccc(C(=O)Nc2nnc(-c3cccs3)o2)c1. The minimum atomic E-state index is -0.268. The normalized spacial score (nSPS) is 10.4. The quantitative estimate of drug-likeness (QED) is 0.801. The van der Waals surface area contributed by atoms with Gasteiger partial charge in [0.1, 0.15) is 0 Å². The standard InChI is InChI=1S/C14H11N3O2S/c1-9-4-2-5-10(8-9)12(18)15-14-17-16-13(19-14)11-6-3-7-20-11/h2-8H,1H3,(H,15,17,18). The molecule has 0 fully saturated rings. The number of hydrogen-bond donors (Lipinski definition) is 1. The molecule has 0 saturated carbocycles. The van der Waals surface area contributed by atoms with Crippen LogP contribution in [-0.2, 0) is 0 Å². The highest BCUT2D eigenvalue weighted by Gasteiger charge is 2.13. The van der Waals surface area contributed by atoms with E-state index < -0.39 is 0 Å². The summed E-state index contributed by atoms with van der Waals surface area (Å²) in [6, 6.07) is 11.2. The average molecular weight is 285 g/mol. The summed E-state index contributed by atoms with van der Waals surface area (Å²) in [6.45, 7) is 1.93. The van der Waals surface area contributed by atoms with Gasteiger partial charge in [-0.05, 0) is 30.5 Å². The van der Waals surface area contributed by atoms with E-state index in [1.807, 2.05) is 36.6 Å². The number of benzene rings is 1. The highest BCUT2D eigenvalue weighted by molar-refractivity contribution is 7.13. The van der Waals surface area contributed by atoms with E-state index in [0.29, 0.717) is 11.5 Å². The van der Waals surface area contributed by atoms with Gasteiger partial charge in [-0.25, -0.2) is 0 Å². The summed E-state index contributed by atoms with van der Waals surface area (Å²) in [5, 5.41) is 12.2. The van der Waals surface area contributed by atoms with Crippen molar-refractivity contribution in [3.63, 3.8) is 0 Å². The molecule has 2 aromatic heterocycles. The Morgan fingerprint density at radius 3 is 2.90 bits per heavy atom. The average Bonchev–Trinajstić information content (AvgIpc) is 3.08. The molecular weight excluding hydrogens is 274 g/mol. The topological polar surface area (TPSA) is 68.0 Å². The number of carbonyl (C=O) groups is 1. The molecule has 1 N–H and O–H groups in total. The third kappa shape index (κ3) is 2.60. The van der Waals surface area contributed by atoms with Crippen LogP contribution in [0.1, 0.15) is 15.9 Å². The second-order valence-corrected chi connectivity index (χ2v) is 5.16. The molecule has 100 valence electrons. The summed E-state index contributed by atoms with van der Waals surface area (Å²) in [7, 11) is 0. The minimum absolute atomic E-state index is 0.0971. The van der Waals surface area contributed by atoms with Gasteiger partial charge in [0.2, 0.25) is 0 Å². The highest BCUT2D eigenvalue weighted by Crippen LogP contribution is 2.24. The molecule has 0 aliphatic rings. The van der Waals surface area contributed by atoms with Gasteiger partial charge in [-0.3, -0.25) is 10.1 Å². The Kier molecular flexibility index (Phi) is 3.30. The fourth-order valence-electron chi connectivity index (χ4n) is 1.73. The van der Waals surface area contributed by atoms with E-state index in [0.717, 1.165) is 10.4 Å². The Morgan fingerprint density at radius 1 is 1.25 bits per heavy atom. The summed E-state index contributed by atoms with van der Waals surface area (Å²) in [5.74, 6) is 0.134. The fraction of sp³-hybridized carbons (Fsp3) is 0.0714. The lowest BCUT2D eigenvalue weighted by Gasteiger charge is -2.01. The Hall–Kier alpha value is -2.47. The molecule has 1 aromatic carbocycles. The molecule has 1 amide bonds. The van der Waals surface area contributed by atoms with E-state index in [9.17, 15) is 4.79 Å². The summed E-state index contributed by atoms with van der Waals surface area (Å²) >= 11 is 1.50. The van der Waals surface area contributed by atoms with Crippen molar-refractivity contribution in [2.45, 2.75) is 6.92 Å². The first-order valence-electron chi connectivity index (χ1n) is 5.98. The number of aromatic nitrogens is 2. The Balaban J connectivity index is 1.77. The molecule has 2 heterocycles. The molecule has 0 saturated heterocycles. The van der Waals surface area contributed by atoms with Gasteiger partial charge in [0.15, 0.2) is 0 Å². The van der Waals surface area contributed by atoms with Crippen LogP contribution in [0, 0.1) is 6.92 Å². The molecule has 0 aliphatic carbocycles. The number of aryl methyl sites for hydroxylation is 1. The van der Waals surface area contributed by atoms with Gasteiger partial charge < -0.3 is 4.42 Å². The van der Waals surface area contributed by atoms with Crippen LogP contribution in [0.25, 0.3) is 10.8 Å². The van der Waals surface area contributed by atoms with E-state index in [1.165, 1.54) is 11.3 Å². The largest absolute Gasteiger partial charge is 0.402 e. The third-order valence-electron chi connectivity index (χ3n) is 2.66. The zero-order valence-electron chi connectivity index (χ0n) is 10.7. The molecule has 5 nitrogen and oxygen atoms in total. The summed E-state index contributed by atoms with van der Waals surface area (Å²) in [5.41, 5.74) is 1.57. The predicted octanol–water partition coefficient (Wildman–Crippen LogP) is 3.36. The molecular formula is C14H11N3O2S. The number of rotatable bonds is 3. The lowest BCUT2D eigenvalue weighted by molar-refractivity contribution is 0.102. The maximum absolute atomic E-state index is 12.0. The maximum atomic E-state index is 12.0. The number of hydrogen-bond acceptors (Lipinski definition) is 5. The lowest BCUT2D eigenvalue weighted by Crippen LogP contribution is -2.12. The first kappa shape index (κ1) is 12.6. The van der Waals surface area contributed by atoms with Crippen molar-refractivity contribution in [3.05, 3.63) is 52.9 Å². The summed E-state index contributed by atoms with van der Waals surface area (Å²) < 4.78 is 5.41. The van der Waals surface area contributed by atoms with Crippen molar-refractivity contribution in [1.82, 2.24) is 10.2 Å². The van der Waals surface area contributed by atoms with Crippen molar-refractivity contribution in [3.8, 4) is 10.8 Å². The number of carbonyl (C=O) groups excluding carboxylic acids is 1. The molecule has 0 aliphatic heterocycles. The zero-order valence-corrected chi connectivity index (χ0v) is 11.5. The van der Waals surface area contributed by atoms with Gasteiger partial charge in [-0.15, -0.1) is 16.4 Å². The van der Waals surface area contributed by atoms with Crippen LogP contribution in [0.5, 0.6) is 0 Å². The number of nitrogens with zero attached hydrogens (tertiary/aromatic N) is 2. The van der Waals surface area contributed by atoms with Crippen molar-refractivity contribution >= 4 is 23.3 Å². The molecule has 0 unspecified atom stereocenters. The van der Waals surface area contributed by atoms with Gasteiger partial charge in [0, 0.05) is 5.56 Å². The van der Waals surface area contributed by atoms with Crippen LogP contribution in [-0.4, -0.2) is 16.1 Å². The van der Waals surface area contributed by atoms with Crippen LogP contribution < -0.4 is 5.32 Å². The van der Waals surface area contributed by atoms with Crippen LogP contribution >= 0.6 is 11.3 Å². The third-order valence-corrected chi connectivity index (χ3v) is 3.52. The fourth-order valence-corrected chi connectivity index (χ4v) is 2.37. The lowest BCUT2D eigenvalue weighted by atomic mass is 10.1. The molecule has 3 rings (SSSR count). The number of thiophene rings is 1. The first-order valence-corrected chi connectivity index (χ1v) is 6.86. The van der Waals surface area contributed by atoms with Crippen molar-refractivity contribution in [2.24, 2.45) is 0 Å². The summed E-state index contributed by atoms with van der Waals surface area (Å²) in [6.07, 6.45) is 0. The second kappa shape index (κ2) is 5.26. The summed E-state index contributed by atoms with van der Waals surface area (Å²) in [4.78, 5) is 12.9. The molecule has 0 spiro atoms. The van der Waals surface area contributed by atoms with E-state index >= 15 is 0 Å². The highest BCUT2D eigenvalue weighted by atomic mass is 32.1. The first-order chi connectivity index (χ1) is 9.72. The minimum Gasteiger partial charge on any atom is -0.402 e. The van der Waals surface area contributed by atoms with E-state index in [1.54, 1.807) is 12.1 Å². The van der Waals surface area contributed by atoms with Crippen LogP contribution in [0.4, 0.5) is 6.01 Å². The van der Waals surface area contributed by atoms with Crippen LogP contribution in [0.15, 0.2) is 46.2 Å². The second-order valence-electron chi connectivity index (χ2n) is 4.21. The van der Waals surface area contributed by atoms with Gasteiger partial charge >= 0.3 is 6.01 Å². The van der Waals surface area contributed by atoms with E-state index in [4.69, 9.17) is 4.42 Å². The van der Waals surface area contributed by atoms with Gasteiger partial charge in [0.05, 0.1) is 4.88 Å². The Bertz CT molecular complexity index is 734. The zero-order chi connectivity index (χ0) is 13.9. The van der Waals surface area contributed by atoms with Gasteiger partial charge in [0.25, 0.3) is 11.8 Å². The molecule has 3 aromatic rings. The molecule has 20 heavy (non-hydrogen) atoms. The van der Waals surface area contributed by atoms with Crippen LogP contribution in [0.3, 0.4) is 0 Å². The smallest absolute Gasteiger partial charge is 0.322 e. The maximum Gasteiger partial charge on any atom is 0.322 e. The number of nitrogens with one attached hydrogen (secondary N) is 1. The Morgan fingerprint density at radius 2 is 2.15 bits per heavy atom. The van der Waals surface area contributed by atoms with Crippen molar-refractivity contribution in [1.29, 1.82) is 0 Å². The molecule has 6 heteroatoms. The van der Waals surface area contributed by atoms with E-state index in [2.05, 4.69) is 15.5 Å². The molecule has 0 radical (unpaired) electrons.